The Morgan fingerprint density at radius 1 is 0.738 bits per heavy atom. The van der Waals surface area contributed by atoms with Gasteiger partial charge in [0.15, 0.2) is 6.79 Å². The van der Waals surface area contributed by atoms with Crippen LogP contribution in [0.2, 0.25) is 16.6 Å². The lowest BCUT2D eigenvalue weighted by Gasteiger charge is -2.42. The van der Waals surface area contributed by atoms with Gasteiger partial charge in [-0.3, -0.25) is 4.79 Å². The molecule has 0 fully saturated rings. The SMILES string of the molecule is COCOc1ccc2c(Cc3ccc(O[Si](C(C)C)(C(C)C)C(C)C)cc3)c(-c3ccc(OC(C)=O)cc3)ccc2c1. The molecule has 0 aliphatic rings. The standard InChI is InChI=1S/C36H44O5Si/c1-24(2)42(25(3)4,26(5)6)41-32-14-9-28(10-15-32)21-36-34(29-11-16-31(17-12-29)40-27(7)37)19-13-30-22-33(39-23-38-8)18-20-35(30)36/h9-20,22,24-26H,21,23H2,1-8H3. The molecule has 0 atom stereocenters. The zero-order chi connectivity index (χ0) is 30.4. The molecule has 0 unspecified atom stereocenters. The molecule has 42 heavy (non-hydrogen) atoms. The molecular formula is C36H44O5Si. The number of benzene rings is 4. The summed E-state index contributed by atoms with van der Waals surface area (Å²) in [6, 6.07) is 26.8. The zero-order valence-electron chi connectivity index (χ0n) is 26.2. The van der Waals surface area contributed by atoms with Gasteiger partial charge in [0.1, 0.15) is 17.2 Å². The topological polar surface area (TPSA) is 54.0 Å². The van der Waals surface area contributed by atoms with Crippen molar-refractivity contribution < 1.29 is 23.4 Å². The second kappa shape index (κ2) is 13.6. The third-order valence-corrected chi connectivity index (χ3v) is 14.2. The maximum Gasteiger partial charge on any atom is 0.308 e. The van der Waals surface area contributed by atoms with E-state index in [1.807, 2.05) is 30.3 Å². The molecule has 6 heteroatoms. The lowest BCUT2D eigenvalue weighted by atomic mass is 9.90. The summed E-state index contributed by atoms with van der Waals surface area (Å²) in [5.74, 6) is 1.93. The molecular weight excluding hydrogens is 540 g/mol. The molecule has 5 nitrogen and oxygen atoms in total. The Kier molecular flexibility index (Phi) is 10.1. The van der Waals surface area contributed by atoms with Gasteiger partial charge in [0.2, 0.25) is 0 Å². The molecule has 0 N–H and O–H groups in total. The van der Waals surface area contributed by atoms with E-state index in [1.165, 1.54) is 18.1 Å². The summed E-state index contributed by atoms with van der Waals surface area (Å²) in [5, 5.41) is 2.26. The van der Waals surface area contributed by atoms with E-state index in [0.29, 0.717) is 22.4 Å². The van der Waals surface area contributed by atoms with Crippen LogP contribution in [0.4, 0.5) is 0 Å². The van der Waals surface area contributed by atoms with Crippen molar-refractivity contribution in [2.24, 2.45) is 0 Å². The highest BCUT2D eigenvalue weighted by molar-refractivity contribution is 6.78. The molecule has 0 aliphatic heterocycles. The van der Waals surface area contributed by atoms with Crippen LogP contribution in [0.25, 0.3) is 21.9 Å². The minimum Gasteiger partial charge on any atom is -0.543 e. The van der Waals surface area contributed by atoms with E-state index in [2.05, 4.69) is 90.1 Å². The first-order valence-electron chi connectivity index (χ1n) is 14.8. The van der Waals surface area contributed by atoms with Gasteiger partial charge in [0, 0.05) is 14.0 Å². The smallest absolute Gasteiger partial charge is 0.308 e. The highest BCUT2D eigenvalue weighted by atomic mass is 28.4. The summed E-state index contributed by atoms with van der Waals surface area (Å²) in [4.78, 5) is 11.4. The number of carbonyl (C=O) groups excluding carboxylic acids is 1. The van der Waals surface area contributed by atoms with Crippen LogP contribution in [-0.4, -0.2) is 28.2 Å². The molecule has 0 aromatic heterocycles. The van der Waals surface area contributed by atoms with Crippen LogP contribution in [0, 0.1) is 0 Å². The predicted octanol–water partition coefficient (Wildman–Crippen LogP) is 9.56. The first-order chi connectivity index (χ1) is 20.0. The first kappa shape index (κ1) is 31.3. The van der Waals surface area contributed by atoms with Crippen LogP contribution in [0.3, 0.4) is 0 Å². The molecule has 0 saturated heterocycles. The Hall–Kier alpha value is -3.61. The third kappa shape index (κ3) is 6.88. The summed E-state index contributed by atoms with van der Waals surface area (Å²) in [6.07, 6.45) is 0.748. The van der Waals surface area contributed by atoms with Crippen molar-refractivity contribution in [2.45, 2.75) is 71.5 Å². The quantitative estimate of drug-likeness (QED) is 0.0718. The Balaban J connectivity index is 1.72. The van der Waals surface area contributed by atoms with E-state index in [9.17, 15) is 4.79 Å². The Morgan fingerprint density at radius 2 is 1.33 bits per heavy atom. The number of esters is 1. The fraction of sp³-hybridized carbons (Fsp3) is 0.361. The van der Waals surface area contributed by atoms with Crippen molar-refractivity contribution in [3.05, 3.63) is 90.0 Å². The number of ether oxygens (including phenoxy) is 3. The van der Waals surface area contributed by atoms with Crippen molar-refractivity contribution in [3.8, 4) is 28.4 Å². The molecule has 0 bridgehead atoms. The lowest BCUT2D eigenvalue weighted by molar-refractivity contribution is -0.131. The molecule has 222 valence electrons. The number of hydrogen-bond acceptors (Lipinski definition) is 5. The second-order valence-electron chi connectivity index (χ2n) is 11.9. The van der Waals surface area contributed by atoms with Crippen molar-refractivity contribution in [3.63, 3.8) is 0 Å². The van der Waals surface area contributed by atoms with E-state index in [4.69, 9.17) is 18.6 Å². The van der Waals surface area contributed by atoms with Crippen molar-refractivity contribution in [1.82, 2.24) is 0 Å². The fourth-order valence-corrected chi connectivity index (χ4v) is 11.6. The van der Waals surface area contributed by atoms with E-state index < -0.39 is 8.32 Å². The molecule has 0 spiro atoms. The highest BCUT2D eigenvalue weighted by Crippen LogP contribution is 2.43. The van der Waals surface area contributed by atoms with Crippen LogP contribution in [-0.2, 0) is 16.0 Å². The van der Waals surface area contributed by atoms with Gasteiger partial charge in [-0.05, 0) is 92.5 Å². The molecule has 0 heterocycles. The summed E-state index contributed by atoms with van der Waals surface area (Å²) in [6.45, 7) is 15.5. The third-order valence-electron chi connectivity index (χ3n) is 8.18. The monoisotopic (exact) mass is 584 g/mol. The maximum absolute atomic E-state index is 11.4. The molecule has 0 radical (unpaired) electrons. The number of hydrogen-bond donors (Lipinski definition) is 0. The minimum atomic E-state index is -2.03. The average Bonchev–Trinajstić information content (AvgIpc) is 2.95. The Morgan fingerprint density at radius 3 is 1.90 bits per heavy atom. The normalized spacial score (nSPS) is 11.9. The van der Waals surface area contributed by atoms with Gasteiger partial charge < -0.3 is 18.6 Å². The van der Waals surface area contributed by atoms with Crippen LogP contribution >= 0.6 is 0 Å². The van der Waals surface area contributed by atoms with E-state index in [-0.39, 0.29) is 12.8 Å². The molecule has 0 saturated carbocycles. The van der Waals surface area contributed by atoms with Crippen molar-refractivity contribution >= 4 is 25.1 Å². The molecule has 4 aromatic carbocycles. The molecule has 0 aliphatic carbocycles. The number of fused-ring (bicyclic) bond motifs is 1. The van der Waals surface area contributed by atoms with Gasteiger partial charge in [-0.25, -0.2) is 0 Å². The Labute approximate surface area is 251 Å². The average molecular weight is 585 g/mol. The van der Waals surface area contributed by atoms with E-state index in [1.54, 1.807) is 7.11 Å². The minimum absolute atomic E-state index is 0.202. The van der Waals surface area contributed by atoms with Crippen molar-refractivity contribution in [1.29, 1.82) is 0 Å². The summed E-state index contributed by atoms with van der Waals surface area (Å²) < 4.78 is 23.0. The van der Waals surface area contributed by atoms with Gasteiger partial charge in [-0.2, -0.15) is 0 Å². The highest BCUT2D eigenvalue weighted by Gasteiger charge is 2.46. The first-order valence-corrected chi connectivity index (χ1v) is 16.9. The molecule has 4 aromatic rings. The van der Waals surface area contributed by atoms with E-state index >= 15 is 0 Å². The predicted molar refractivity (Wildman–Crippen MR) is 174 cm³/mol. The second-order valence-corrected chi connectivity index (χ2v) is 17.3. The van der Waals surface area contributed by atoms with Gasteiger partial charge in [-0.15, -0.1) is 0 Å². The summed E-state index contributed by atoms with van der Waals surface area (Å²) in [5.41, 5.74) is 6.16. The van der Waals surface area contributed by atoms with Gasteiger partial charge in [-0.1, -0.05) is 84.0 Å². The van der Waals surface area contributed by atoms with Crippen LogP contribution < -0.4 is 13.9 Å². The number of carbonyl (C=O) groups is 1. The fourth-order valence-electron chi connectivity index (χ4n) is 6.36. The van der Waals surface area contributed by atoms with E-state index in [0.717, 1.165) is 39.8 Å². The molecule has 0 amide bonds. The lowest BCUT2D eigenvalue weighted by Crippen LogP contribution is -2.50. The summed E-state index contributed by atoms with van der Waals surface area (Å²) >= 11 is 0. The zero-order valence-corrected chi connectivity index (χ0v) is 27.2. The maximum atomic E-state index is 11.4. The Bertz CT molecular complexity index is 1470. The van der Waals surface area contributed by atoms with Crippen LogP contribution in [0.15, 0.2) is 78.9 Å². The largest absolute Gasteiger partial charge is 0.543 e. The number of rotatable bonds is 12. The number of methoxy groups -OCH3 is 1. The summed E-state index contributed by atoms with van der Waals surface area (Å²) in [7, 11) is -0.415. The van der Waals surface area contributed by atoms with Crippen molar-refractivity contribution in [2.75, 3.05) is 13.9 Å². The van der Waals surface area contributed by atoms with Crippen LogP contribution in [0.1, 0.15) is 59.6 Å². The van der Waals surface area contributed by atoms with Gasteiger partial charge >= 0.3 is 5.97 Å². The molecule has 4 rings (SSSR count). The van der Waals surface area contributed by atoms with Gasteiger partial charge in [0.25, 0.3) is 8.32 Å². The van der Waals surface area contributed by atoms with Gasteiger partial charge in [0.05, 0.1) is 0 Å². The van der Waals surface area contributed by atoms with Crippen LogP contribution in [0.5, 0.6) is 17.2 Å².